The van der Waals surface area contributed by atoms with Crippen molar-refractivity contribution in [1.29, 1.82) is 0 Å². The Morgan fingerprint density at radius 1 is 1.27 bits per heavy atom. The molecule has 0 radical (unpaired) electrons. The molecule has 0 spiro atoms. The van der Waals surface area contributed by atoms with E-state index < -0.39 is 0 Å². The molecule has 22 heavy (non-hydrogen) atoms. The summed E-state index contributed by atoms with van der Waals surface area (Å²) in [6.45, 7) is 2.09. The van der Waals surface area contributed by atoms with Crippen LogP contribution in [-0.2, 0) is 6.54 Å². The normalized spacial score (nSPS) is 10.6. The molecule has 0 fully saturated rings. The van der Waals surface area contributed by atoms with Crippen molar-refractivity contribution < 1.29 is 9.18 Å². The van der Waals surface area contributed by atoms with E-state index in [1.54, 1.807) is 41.9 Å². The Labute approximate surface area is 126 Å². The molecule has 2 heterocycles. The molecule has 0 saturated heterocycles. The Hall–Kier alpha value is -2.96. The van der Waals surface area contributed by atoms with Crippen molar-refractivity contribution in [2.45, 2.75) is 13.5 Å². The van der Waals surface area contributed by atoms with Crippen LogP contribution in [0.5, 0.6) is 0 Å². The average Bonchev–Trinajstić information content (AvgIpc) is 2.88. The van der Waals surface area contributed by atoms with E-state index in [4.69, 9.17) is 0 Å². The molecule has 6 nitrogen and oxygen atoms in total. The molecular weight excluding hydrogens is 285 g/mol. The molecule has 2 N–H and O–H groups in total. The van der Waals surface area contributed by atoms with E-state index in [0.29, 0.717) is 23.7 Å². The van der Waals surface area contributed by atoms with Gasteiger partial charge in [-0.3, -0.25) is 0 Å². The molecular formula is C15H14FN5O. The van der Waals surface area contributed by atoms with Crippen molar-refractivity contribution in [2.24, 2.45) is 0 Å². The molecule has 0 atom stereocenters. The van der Waals surface area contributed by atoms with Crippen LogP contribution in [0.2, 0.25) is 0 Å². The number of nitrogens with one attached hydrogen (secondary N) is 2. The third-order valence-electron chi connectivity index (χ3n) is 3.08. The van der Waals surface area contributed by atoms with Gasteiger partial charge >= 0.3 is 6.03 Å². The SMILES string of the molecule is Cc1nc2c(NC(=O)NCc3ccc(F)cc3)cccn2n1. The first-order valence-electron chi connectivity index (χ1n) is 6.73. The van der Waals surface area contributed by atoms with Gasteiger partial charge in [-0.2, -0.15) is 5.10 Å². The van der Waals surface area contributed by atoms with Crippen LogP contribution in [0.3, 0.4) is 0 Å². The molecule has 0 aliphatic carbocycles. The predicted molar refractivity (Wildman–Crippen MR) is 80.0 cm³/mol. The quantitative estimate of drug-likeness (QED) is 0.780. The van der Waals surface area contributed by atoms with Crippen LogP contribution in [0.1, 0.15) is 11.4 Å². The fourth-order valence-corrected chi connectivity index (χ4v) is 2.06. The van der Waals surface area contributed by atoms with Gasteiger partial charge in [-0.15, -0.1) is 0 Å². The number of nitrogens with zero attached hydrogens (tertiary/aromatic N) is 3. The number of anilines is 1. The number of carbonyl (C=O) groups is 1. The minimum absolute atomic E-state index is 0.304. The van der Waals surface area contributed by atoms with Crippen molar-refractivity contribution >= 4 is 17.4 Å². The first kappa shape index (κ1) is 14.0. The van der Waals surface area contributed by atoms with Crippen molar-refractivity contribution in [3.63, 3.8) is 0 Å². The van der Waals surface area contributed by atoms with Gasteiger partial charge in [0.1, 0.15) is 11.6 Å². The lowest BCUT2D eigenvalue weighted by atomic mass is 10.2. The van der Waals surface area contributed by atoms with Gasteiger partial charge in [0, 0.05) is 12.7 Å². The number of hydrogen-bond acceptors (Lipinski definition) is 3. The summed E-state index contributed by atoms with van der Waals surface area (Å²) in [6, 6.07) is 9.12. The van der Waals surface area contributed by atoms with E-state index in [1.807, 2.05) is 0 Å². The molecule has 112 valence electrons. The van der Waals surface area contributed by atoms with Crippen LogP contribution in [0.4, 0.5) is 14.9 Å². The van der Waals surface area contributed by atoms with E-state index in [9.17, 15) is 9.18 Å². The molecule has 3 rings (SSSR count). The Bertz CT molecular complexity index is 812. The summed E-state index contributed by atoms with van der Waals surface area (Å²) >= 11 is 0. The fraction of sp³-hybridized carbons (Fsp3) is 0.133. The number of carbonyl (C=O) groups excluding carboxylic acids is 1. The molecule has 2 aromatic heterocycles. The number of rotatable bonds is 3. The van der Waals surface area contributed by atoms with Crippen LogP contribution in [-0.4, -0.2) is 20.6 Å². The second-order valence-corrected chi connectivity index (χ2v) is 4.78. The van der Waals surface area contributed by atoms with Crippen LogP contribution in [0.15, 0.2) is 42.6 Å². The molecule has 0 aliphatic rings. The largest absolute Gasteiger partial charge is 0.334 e. The first-order chi connectivity index (χ1) is 10.6. The summed E-state index contributed by atoms with van der Waals surface area (Å²) in [5.41, 5.74) is 1.96. The van der Waals surface area contributed by atoms with Crippen molar-refractivity contribution in [3.05, 3.63) is 59.8 Å². The van der Waals surface area contributed by atoms with Gasteiger partial charge in [-0.05, 0) is 36.8 Å². The van der Waals surface area contributed by atoms with Gasteiger partial charge < -0.3 is 10.6 Å². The summed E-state index contributed by atoms with van der Waals surface area (Å²) in [6.07, 6.45) is 1.76. The lowest BCUT2D eigenvalue weighted by molar-refractivity contribution is 0.252. The van der Waals surface area contributed by atoms with Gasteiger partial charge in [-0.25, -0.2) is 18.7 Å². The van der Waals surface area contributed by atoms with E-state index in [2.05, 4.69) is 20.7 Å². The highest BCUT2D eigenvalue weighted by atomic mass is 19.1. The molecule has 3 aromatic rings. The number of aryl methyl sites for hydroxylation is 1. The topological polar surface area (TPSA) is 71.3 Å². The predicted octanol–water partition coefficient (Wildman–Crippen LogP) is 2.50. The second kappa shape index (κ2) is 5.80. The van der Waals surface area contributed by atoms with Crippen LogP contribution >= 0.6 is 0 Å². The van der Waals surface area contributed by atoms with Crippen LogP contribution < -0.4 is 10.6 Å². The maximum Gasteiger partial charge on any atom is 0.319 e. The number of amides is 2. The maximum atomic E-state index is 12.8. The van der Waals surface area contributed by atoms with E-state index in [1.165, 1.54) is 12.1 Å². The number of urea groups is 1. The highest BCUT2D eigenvalue weighted by Gasteiger charge is 2.08. The standard InChI is InChI=1S/C15H14FN5O/c1-10-18-14-13(3-2-8-21(14)20-10)19-15(22)17-9-11-4-6-12(16)7-5-11/h2-8H,9H2,1H3,(H2,17,19,22). The zero-order valence-corrected chi connectivity index (χ0v) is 11.9. The molecule has 0 unspecified atom stereocenters. The lowest BCUT2D eigenvalue weighted by Crippen LogP contribution is -2.28. The minimum Gasteiger partial charge on any atom is -0.334 e. The Morgan fingerprint density at radius 3 is 2.82 bits per heavy atom. The molecule has 0 aliphatic heterocycles. The summed E-state index contributed by atoms with van der Waals surface area (Å²) in [5.74, 6) is 0.322. The van der Waals surface area contributed by atoms with Gasteiger partial charge in [0.2, 0.25) is 0 Å². The summed E-state index contributed by atoms with van der Waals surface area (Å²) < 4.78 is 14.4. The summed E-state index contributed by atoms with van der Waals surface area (Å²) in [7, 11) is 0. The minimum atomic E-state index is -0.363. The number of benzene rings is 1. The fourth-order valence-electron chi connectivity index (χ4n) is 2.06. The Balaban J connectivity index is 1.67. The van der Waals surface area contributed by atoms with Gasteiger partial charge in [0.05, 0.1) is 5.69 Å². The van der Waals surface area contributed by atoms with Crippen molar-refractivity contribution in [2.75, 3.05) is 5.32 Å². The summed E-state index contributed by atoms with van der Waals surface area (Å²) in [4.78, 5) is 16.2. The number of fused-ring (bicyclic) bond motifs is 1. The summed E-state index contributed by atoms with van der Waals surface area (Å²) in [5, 5.41) is 9.62. The zero-order chi connectivity index (χ0) is 15.5. The molecule has 7 heteroatoms. The molecule has 2 amide bonds. The monoisotopic (exact) mass is 299 g/mol. The number of halogens is 1. The highest BCUT2D eigenvalue weighted by molar-refractivity contribution is 5.92. The van der Waals surface area contributed by atoms with Crippen LogP contribution in [0, 0.1) is 12.7 Å². The van der Waals surface area contributed by atoms with E-state index >= 15 is 0 Å². The van der Waals surface area contributed by atoms with Crippen LogP contribution in [0.25, 0.3) is 5.65 Å². The van der Waals surface area contributed by atoms with Gasteiger partial charge in [0.15, 0.2) is 5.65 Å². The third kappa shape index (κ3) is 3.03. The van der Waals surface area contributed by atoms with E-state index in [0.717, 1.165) is 5.56 Å². The van der Waals surface area contributed by atoms with Gasteiger partial charge in [-0.1, -0.05) is 12.1 Å². The van der Waals surface area contributed by atoms with Crippen molar-refractivity contribution in [3.8, 4) is 0 Å². The maximum absolute atomic E-state index is 12.8. The van der Waals surface area contributed by atoms with E-state index in [-0.39, 0.29) is 11.8 Å². The van der Waals surface area contributed by atoms with Gasteiger partial charge in [0.25, 0.3) is 0 Å². The molecule has 0 saturated carbocycles. The Kier molecular flexibility index (Phi) is 3.69. The second-order valence-electron chi connectivity index (χ2n) is 4.78. The Morgan fingerprint density at radius 2 is 2.05 bits per heavy atom. The lowest BCUT2D eigenvalue weighted by Gasteiger charge is -2.08. The zero-order valence-electron chi connectivity index (χ0n) is 11.9. The first-order valence-corrected chi connectivity index (χ1v) is 6.73. The number of aromatic nitrogens is 3. The average molecular weight is 299 g/mol. The molecule has 1 aromatic carbocycles. The smallest absolute Gasteiger partial charge is 0.319 e. The number of hydrogen-bond donors (Lipinski definition) is 2. The highest BCUT2D eigenvalue weighted by Crippen LogP contribution is 2.14. The molecule has 0 bridgehead atoms. The number of pyridine rings is 1. The third-order valence-corrected chi connectivity index (χ3v) is 3.08. The van der Waals surface area contributed by atoms with Crippen molar-refractivity contribution in [1.82, 2.24) is 19.9 Å².